The largest absolute Gasteiger partial charge is 0.343 e. The summed E-state index contributed by atoms with van der Waals surface area (Å²) in [5.74, 6) is 0.680. The molecule has 2 heterocycles. The minimum absolute atomic E-state index is 0.629. The van der Waals surface area contributed by atoms with Gasteiger partial charge >= 0.3 is 0 Å². The highest BCUT2D eigenvalue weighted by Crippen LogP contribution is 2.20. The third kappa shape index (κ3) is 2.63. The molecule has 0 aromatic carbocycles. The van der Waals surface area contributed by atoms with Crippen LogP contribution in [0.2, 0.25) is 0 Å². The summed E-state index contributed by atoms with van der Waals surface area (Å²) in [5.41, 5.74) is 1.25. The maximum Gasteiger partial charge on any atom is 0.213 e. The number of hydrogen-bond donors (Lipinski definition) is 1. The molecule has 4 nitrogen and oxygen atoms in total. The molecule has 6 heteroatoms. The molecule has 2 aromatic heterocycles. The predicted octanol–water partition coefficient (Wildman–Crippen LogP) is 2.18. The van der Waals surface area contributed by atoms with Crippen LogP contribution in [0, 0.1) is 0 Å². The smallest absolute Gasteiger partial charge is 0.213 e. The maximum absolute atomic E-state index is 4.61. The summed E-state index contributed by atoms with van der Waals surface area (Å²) in [5, 5.41) is 9.02. The van der Waals surface area contributed by atoms with Gasteiger partial charge in [0.1, 0.15) is 0 Å². The van der Waals surface area contributed by atoms with Crippen molar-refractivity contribution < 1.29 is 4.52 Å². The van der Waals surface area contributed by atoms with E-state index in [4.69, 9.17) is 0 Å². The summed E-state index contributed by atoms with van der Waals surface area (Å²) in [6.45, 7) is 1.45. The van der Waals surface area contributed by atoms with E-state index in [1.54, 1.807) is 11.3 Å². The zero-order valence-electron chi connectivity index (χ0n) is 7.24. The summed E-state index contributed by atoms with van der Waals surface area (Å²) in [7, 11) is 0. The summed E-state index contributed by atoms with van der Waals surface area (Å²) < 4.78 is 5.76. The summed E-state index contributed by atoms with van der Waals surface area (Å²) in [6, 6.07) is 2.09. The van der Waals surface area contributed by atoms with E-state index in [2.05, 4.69) is 47.4 Å². The third-order valence-corrected chi connectivity index (χ3v) is 3.19. The van der Waals surface area contributed by atoms with Crippen molar-refractivity contribution in [2.45, 2.75) is 13.1 Å². The quantitative estimate of drug-likeness (QED) is 0.928. The first-order valence-electron chi connectivity index (χ1n) is 4.03. The van der Waals surface area contributed by atoms with E-state index < -0.39 is 0 Å². The molecule has 0 aliphatic heterocycles. The Labute approximate surface area is 93.5 Å². The minimum Gasteiger partial charge on any atom is -0.343 e. The van der Waals surface area contributed by atoms with Gasteiger partial charge in [0.25, 0.3) is 0 Å². The van der Waals surface area contributed by atoms with Crippen LogP contribution in [0.3, 0.4) is 0 Å². The molecule has 0 radical (unpaired) electrons. The van der Waals surface area contributed by atoms with E-state index in [0.29, 0.717) is 12.4 Å². The average molecular weight is 274 g/mol. The van der Waals surface area contributed by atoms with Gasteiger partial charge in [-0.2, -0.15) is 4.98 Å². The molecule has 0 atom stereocenters. The van der Waals surface area contributed by atoms with Crippen LogP contribution < -0.4 is 5.32 Å². The van der Waals surface area contributed by atoms with Gasteiger partial charge in [-0.1, -0.05) is 5.16 Å². The van der Waals surface area contributed by atoms with E-state index in [1.165, 1.54) is 12.0 Å². The second kappa shape index (κ2) is 4.68. The van der Waals surface area contributed by atoms with E-state index in [1.807, 2.05) is 0 Å². The molecule has 2 rings (SSSR count). The van der Waals surface area contributed by atoms with Crippen LogP contribution in [0.15, 0.2) is 26.1 Å². The Morgan fingerprint density at radius 3 is 3.07 bits per heavy atom. The van der Waals surface area contributed by atoms with Crippen molar-refractivity contribution in [3.05, 3.63) is 33.0 Å². The van der Waals surface area contributed by atoms with Crippen molar-refractivity contribution in [3.63, 3.8) is 0 Å². The first kappa shape index (κ1) is 9.82. The normalized spacial score (nSPS) is 10.6. The molecule has 0 saturated carbocycles. The van der Waals surface area contributed by atoms with Gasteiger partial charge in [-0.3, -0.25) is 0 Å². The van der Waals surface area contributed by atoms with Crippen LogP contribution in [0.4, 0.5) is 0 Å². The Kier molecular flexibility index (Phi) is 3.28. The molecule has 0 unspecified atom stereocenters. The average Bonchev–Trinajstić information content (AvgIpc) is 2.77. The lowest BCUT2D eigenvalue weighted by Gasteiger charge is -1.97. The molecule has 0 amide bonds. The molecule has 0 aliphatic rings. The van der Waals surface area contributed by atoms with Crippen LogP contribution in [0.5, 0.6) is 0 Å². The van der Waals surface area contributed by atoms with Crippen LogP contribution in [0.25, 0.3) is 0 Å². The van der Waals surface area contributed by atoms with Crippen molar-refractivity contribution >= 4 is 27.3 Å². The Hall–Kier alpha value is -0.720. The molecule has 1 N–H and O–H groups in total. The van der Waals surface area contributed by atoms with E-state index in [9.17, 15) is 0 Å². The number of nitrogens with one attached hydrogen (secondary N) is 1. The van der Waals surface area contributed by atoms with E-state index in [-0.39, 0.29) is 0 Å². The SMILES string of the molecule is Brc1cc(CNCc2ncon2)cs1. The first-order chi connectivity index (χ1) is 6.84. The Morgan fingerprint density at radius 2 is 2.43 bits per heavy atom. The molecule has 0 saturated heterocycles. The van der Waals surface area contributed by atoms with Crippen LogP contribution in [0.1, 0.15) is 11.4 Å². The fourth-order valence-electron chi connectivity index (χ4n) is 1.03. The molecule has 0 bridgehead atoms. The van der Waals surface area contributed by atoms with Crippen molar-refractivity contribution in [1.82, 2.24) is 15.5 Å². The molecular weight excluding hydrogens is 266 g/mol. The van der Waals surface area contributed by atoms with Crippen LogP contribution in [-0.4, -0.2) is 10.1 Å². The predicted molar refractivity (Wildman–Crippen MR) is 56.9 cm³/mol. The topological polar surface area (TPSA) is 51.0 Å². The lowest BCUT2D eigenvalue weighted by Crippen LogP contribution is -2.13. The lowest BCUT2D eigenvalue weighted by atomic mass is 10.3. The van der Waals surface area contributed by atoms with Crippen LogP contribution >= 0.6 is 27.3 Å². The number of rotatable bonds is 4. The number of hydrogen-bond acceptors (Lipinski definition) is 5. The van der Waals surface area contributed by atoms with Gasteiger partial charge in [-0.05, 0) is 32.9 Å². The molecule has 0 aliphatic carbocycles. The lowest BCUT2D eigenvalue weighted by molar-refractivity contribution is 0.407. The summed E-state index contributed by atoms with van der Waals surface area (Å²) >= 11 is 5.09. The summed E-state index contributed by atoms with van der Waals surface area (Å²) in [6.07, 6.45) is 1.33. The Bertz CT molecular complexity index is 387. The van der Waals surface area contributed by atoms with Gasteiger partial charge in [0.2, 0.25) is 6.39 Å². The minimum atomic E-state index is 0.629. The van der Waals surface area contributed by atoms with Gasteiger partial charge in [-0.15, -0.1) is 11.3 Å². The molecule has 0 fully saturated rings. The highest BCUT2D eigenvalue weighted by molar-refractivity contribution is 9.11. The highest BCUT2D eigenvalue weighted by Gasteiger charge is 1.99. The van der Waals surface area contributed by atoms with Crippen molar-refractivity contribution in [3.8, 4) is 0 Å². The van der Waals surface area contributed by atoms with Crippen molar-refractivity contribution in [2.24, 2.45) is 0 Å². The Morgan fingerprint density at radius 1 is 1.50 bits per heavy atom. The fourth-order valence-corrected chi connectivity index (χ4v) is 2.24. The van der Waals surface area contributed by atoms with E-state index in [0.717, 1.165) is 10.3 Å². The zero-order valence-corrected chi connectivity index (χ0v) is 9.64. The summed E-state index contributed by atoms with van der Waals surface area (Å²) in [4.78, 5) is 3.91. The molecule has 0 spiro atoms. The monoisotopic (exact) mass is 273 g/mol. The number of nitrogens with zero attached hydrogens (tertiary/aromatic N) is 2. The molecule has 2 aromatic rings. The van der Waals surface area contributed by atoms with Gasteiger partial charge in [-0.25, -0.2) is 0 Å². The highest BCUT2D eigenvalue weighted by atomic mass is 79.9. The maximum atomic E-state index is 4.61. The van der Waals surface area contributed by atoms with Gasteiger partial charge in [0.15, 0.2) is 5.82 Å². The van der Waals surface area contributed by atoms with Gasteiger partial charge in [0.05, 0.1) is 10.3 Å². The Balaban J connectivity index is 1.78. The fraction of sp³-hybridized carbons (Fsp3) is 0.250. The van der Waals surface area contributed by atoms with Gasteiger partial charge < -0.3 is 9.84 Å². The van der Waals surface area contributed by atoms with Crippen molar-refractivity contribution in [1.29, 1.82) is 0 Å². The molecular formula is C8H8BrN3OS. The second-order valence-electron chi connectivity index (χ2n) is 2.71. The first-order valence-corrected chi connectivity index (χ1v) is 5.71. The van der Waals surface area contributed by atoms with Crippen LogP contribution in [-0.2, 0) is 13.1 Å². The number of halogens is 1. The molecule has 14 heavy (non-hydrogen) atoms. The van der Waals surface area contributed by atoms with E-state index >= 15 is 0 Å². The van der Waals surface area contributed by atoms with Gasteiger partial charge in [0, 0.05) is 6.54 Å². The zero-order chi connectivity index (χ0) is 9.80. The second-order valence-corrected chi connectivity index (χ2v) is 5.00. The standard InChI is InChI=1S/C8H8BrN3OS/c9-7-1-6(4-14-7)2-10-3-8-11-5-13-12-8/h1,4-5,10H,2-3H2. The number of aromatic nitrogens is 2. The third-order valence-electron chi connectivity index (χ3n) is 1.64. The van der Waals surface area contributed by atoms with Crippen molar-refractivity contribution in [2.75, 3.05) is 0 Å². The molecule has 74 valence electrons. The number of thiophene rings is 1.